The number of nitrogens with one attached hydrogen (secondary N) is 1. The molecule has 1 heterocycles. The van der Waals surface area contributed by atoms with Crippen LogP contribution in [0.25, 0.3) is 0 Å². The van der Waals surface area contributed by atoms with Gasteiger partial charge in [-0.15, -0.1) is 0 Å². The lowest BCUT2D eigenvalue weighted by molar-refractivity contribution is -0.139. The van der Waals surface area contributed by atoms with Gasteiger partial charge in [-0.25, -0.2) is 0 Å². The first-order valence-electron chi connectivity index (χ1n) is 5.83. The van der Waals surface area contributed by atoms with Crippen molar-refractivity contribution in [1.29, 1.82) is 0 Å². The first-order chi connectivity index (χ1) is 7.59. The Balaban J connectivity index is 1.83. The summed E-state index contributed by atoms with van der Waals surface area (Å²) in [5.41, 5.74) is 0. The summed E-state index contributed by atoms with van der Waals surface area (Å²) < 4.78 is 0. The second-order valence-corrected chi connectivity index (χ2v) is 4.85. The van der Waals surface area contributed by atoms with E-state index in [4.69, 9.17) is 0 Å². The van der Waals surface area contributed by atoms with E-state index in [1.54, 1.807) is 0 Å². The van der Waals surface area contributed by atoms with Gasteiger partial charge in [-0.2, -0.15) is 0 Å². The van der Waals surface area contributed by atoms with E-state index in [1.807, 2.05) is 19.0 Å². The molecule has 1 aliphatic heterocycles. The summed E-state index contributed by atoms with van der Waals surface area (Å²) in [6, 6.07) is -0.0753. The molecule has 2 amide bonds. The van der Waals surface area contributed by atoms with Crippen LogP contribution < -0.4 is 5.32 Å². The molecular weight excluding hydrogens is 206 g/mol. The maximum Gasteiger partial charge on any atom is 0.247 e. The minimum absolute atomic E-state index is 0.00477. The van der Waals surface area contributed by atoms with E-state index in [0.29, 0.717) is 6.42 Å². The van der Waals surface area contributed by atoms with Gasteiger partial charge in [0.25, 0.3) is 0 Å². The molecule has 16 heavy (non-hydrogen) atoms. The molecule has 0 radical (unpaired) electrons. The molecule has 0 aromatic rings. The van der Waals surface area contributed by atoms with Crippen LogP contribution in [0.1, 0.15) is 19.3 Å². The average Bonchev–Trinajstić information content (AvgIpc) is 2.96. The van der Waals surface area contributed by atoms with E-state index in [0.717, 1.165) is 25.9 Å². The molecule has 5 heteroatoms. The van der Waals surface area contributed by atoms with Gasteiger partial charge in [-0.05, 0) is 26.9 Å². The Hall–Kier alpha value is -0.940. The number of rotatable bonds is 5. The van der Waals surface area contributed by atoms with Gasteiger partial charge < -0.3 is 10.2 Å². The van der Waals surface area contributed by atoms with Crippen LogP contribution in [0.2, 0.25) is 0 Å². The monoisotopic (exact) mass is 225 g/mol. The lowest BCUT2D eigenvalue weighted by Gasteiger charge is -2.15. The summed E-state index contributed by atoms with van der Waals surface area (Å²) in [6.45, 7) is 1.62. The van der Waals surface area contributed by atoms with Gasteiger partial charge in [0, 0.05) is 19.1 Å². The van der Waals surface area contributed by atoms with Crippen molar-refractivity contribution in [3.63, 3.8) is 0 Å². The van der Waals surface area contributed by atoms with Crippen molar-refractivity contribution in [2.24, 2.45) is 0 Å². The van der Waals surface area contributed by atoms with E-state index in [1.165, 1.54) is 4.90 Å². The SMILES string of the molecule is CN(C)CCNC1CC(=O)N(C2CC2)C1=O. The Morgan fingerprint density at radius 1 is 1.38 bits per heavy atom. The predicted molar refractivity (Wildman–Crippen MR) is 59.8 cm³/mol. The standard InChI is InChI=1S/C11H19N3O2/c1-13(2)6-5-12-9-7-10(15)14(11(9)16)8-3-4-8/h8-9,12H,3-7H2,1-2H3. The van der Waals surface area contributed by atoms with Gasteiger partial charge in [0.2, 0.25) is 11.8 Å². The van der Waals surface area contributed by atoms with Crippen molar-refractivity contribution in [2.45, 2.75) is 31.3 Å². The third kappa shape index (κ3) is 2.41. The summed E-state index contributed by atoms with van der Waals surface area (Å²) >= 11 is 0. The molecule has 0 aromatic carbocycles. The molecule has 1 aliphatic carbocycles. The van der Waals surface area contributed by atoms with Crippen molar-refractivity contribution >= 4 is 11.8 Å². The molecule has 2 fully saturated rings. The van der Waals surface area contributed by atoms with Crippen LogP contribution in [0.3, 0.4) is 0 Å². The second-order valence-electron chi connectivity index (χ2n) is 4.85. The number of nitrogens with zero attached hydrogens (tertiary/aromatic N) is 2. The van der Waals surface area contributed by atoms with Crippen molar-refractivity contribution < 1.29 is 9.59 Å². The fourth-order valence-corrected chi connectivity index (χ4v) is 1.99. The molecule has 0 aromatic heterocycles. The Bertz CT molecular complexity index is 300. The molecule has 0 bridgehead atoms. The Labute approximate surface area is 95.8 Å². The molecule has 1 atom stereocenters. The van der Waals surface area contributed by atoms with Crippen LogP contribution in [0.4, 0.5) is 0 Å². The summed E-state index contributed by atoms with van der Waals surface area (Å²) in [6.07, 6.45) is 2.31. The summed E-state index contributed by atoms with van der Waals surface area (Å²) in [4.78, 5) is 27.0. The first-order valence-corrected chi connectivity index (χ1v) is 5.83. The van der Waals surface area contributed by atoms with E-state index in [2.05, 4.69) is 5.32 Å². The molecule has 5 nitrogen and oxygen atoms in total. The molecule has 1 unspecified atom stereocenters. The van der Waals surface area contributed by atoms with Gasteiger partial charge in [0.1, 0.15) is 0 Å². The van der Waals surface area contributed by atoms with Gasteiger partial charge in [-0.3, -0.25) is 14.5 Å². The van der Waals surface area contributed by atoms with Gasteiger partial charge in [0.15, 0.2) is 0 Å². The lowest BCUT2D eigenvalue weighted by atomic mass is 10.2. The van der Waals surface area contributed by atoms with Gasteiger partial charge in [-0.1, -0.05) is 0 Å². The van der Waals surface area contributed by atoms with Crippen molar-refractivity contribution in [1.82, 2.24) is 15.1 Å². The van der Waals surface area contributed by atoms with Crippen LogP contribution in [0.15, 0.2) is 0 Å². The number of hydrogen-bond acceptors (Lipinski definition) is 4. The van der Waals surface area contributed by atoms with Gasteiger partial charge in [0.05, 0.1) is 12.5 Å². The third-order valence-electron chi connectivity index (χ3n) is 3.04. The summed E-state index contributed by atoms with van der Waals surface area (Å²) in [7, 11) is 3.97. The van der Waals surface area contributed by atoms with E-state index in [-0.39, 0.29) is 23.9 Å². The van der Waals surface area contributed by atoms with Crippen LogP contribution >= 0.6 is 0 Å². The second kappa shape index (κ2) is 4.51. The summed E-state index contributed by atoms with van der Waals surface area (Å²) in [5.74, 6) is -0.0268. The molecule has 2 aliphatic rings. The number of carbonyl (C=O) groups is 2. The average molecular weight is 225 g/mol. The topological polar surface area (TPSA) is 52.7 Å². The zero-order valence-corrected chi connectivity index (χ0v) is 9.90. The highest BCUT2D eigenvalue weighted by atomic mass is 16.2. The van der Waals surface area contributed by atoms with E-state index < -0.39 is 0 Å². The summed E-state index contributed by atoms with van der Waals surface area (Å²) in [5, 5.41) is 3.15. The molecular formula is C11H19N3O2. The highest BCUT2D eigenvalue weighted by molar-refractivity contribution is 6.06. The predicted octanol–water partition coefficient (Wildman–Crippen LogP) is -0.572. The zero-order chi connectivity index (χ0) is 11.7. The molecule has 1 N–H and O–H groups in total. The van der Waals surface area contributed by atoms with E-state index in [9.17, 15) is 9.59 Å². The maximum absolute atomic E-state index is 11.9. The number of carbonyl (C=O) groups excluding carboxylic acids is 2. The molecule has 0 spiro atoms. The number of likely N-dealkylation sites (tertiary alicyclic amines) is 1. The maximum atomic E-state index is 11.9. The molecule has 1 saturated carbocycles. The number of likely N-dealkylation sites (N-methyl/N-ethyl adjacent to an activating group) is 1. The number of imide groups is 1. The quantitative estimate of drug-likeness (QED) is 0.637. The van der Waals surface area contributed by atoms with Crippen LogP contribution in [-0.2, 0) is 9.59 Å². The Morgan fingerprint density at radius 3 is 2.62 bits per heavy atom. The smallest absolute Gasteiger partial charge is 0.247 e. The normalized spacial score (nSPS) is 25.9. The minimum Gasteiger partial charge on any atom is -0.308 e. The fourth-order valence-electron chi connectivity index (χ4n) is 1.99. The number of hydrogen-bond donors (Lipinski definition) is 1. The van der Waals surface area contributed by atoms with Crippen molar-refractivity contribution in [3.8, 4) is 0 Å². The highest BCUT2D eigenvalue weighted by Crippen LogP contribution is 2.31. The minimum atomic E-state index is -0.284. The zero-order valence-electron chi connectivity index (χ0n) is 9.90. The van der Waals surface area contributed by atoms with Crippen LogP contribution in [-0.4, -0.2) is 60.9 Å². The third-order valence-corrected chi connectivity index (χ3v) is 3.04. The number of amides is 2. The fraction of sp³-hybridized carbons (Fsp3) is 0.818. The first kappa shape index (κ1) is 11.5. The molecule has 2 rings (SSSR count). The largest absolute Gasteiger partial charge is 0.308 e. The Kier molecular flexibility index (Phi) is 3.25. The Morgan fingerprint density at radius 2 is 2.06 bits per heavy atom. The van der Waals surface area contributed by atoms with Crippen molar-refractivity contribution in [3.05, 3.63) is 0 Å². The van der Waals surface area contributed by atoms with E-state index >= 15 is 0 Å². The van der Waals surface area contributed by atoms with Crippen molar-refractivity contribution in [2.75, 3.05) is 27.2 Å². The van der Waals surface area contributed by atoms with Crippen LogP contribution in [0.5, 0.6) is 0 Å². The van der Waals surface area contributed by atoms with Gasteiger partial charge >= 0.3 is 0 Å². The lowest BCUT2D eigenvalue weighted by Crippen LogP contribution is -2.41. The molecule has 90 valence electrons. The highest BCUT2D eigenvalue weighted by Gasteiger charge is 2.45. The molecule has 1 saturated heterocycles. The van der Waals surface area contributed by atoms with Crippen LogP contribution in [0, 0.1) is 0 Å².